The number of nitrogen functional groups attached to an aromatic ring is 2. The van der Waals surface area contributed by atoms with Gasteiger partial charge in [-0.15, -0.1) is 22.6 Å². The highest BCUT2D eigenvalue weighted by molar-refractivity contribution is 5.85. The first kappa shape index (κ1) is 18.0. The largest absolute Gasteiger partial charge is 0.382 e. The Labute approximate surface area is 150 Å². The van der Waals surface area contributed by atoms with Crippen molar-refractivity contribution in [3.05, 3.63) is 66.7 Å². The van der Waals surface area contributed by atoms with E-state index in [1.807, 2.05) is 60.7 Å². The number of benzene rings is 2. The van der Waals surface area contributed by atoms with Crippen molar-refractivity contribution < 1.29 is 0 Å². The lowest BCUT2D eigenvalue weighted by Crippen LogP contribution is -1.96. The number of halogens is 1. The van der Waals surface area contributed by atoms with Crippen LogP contribution < -0.4 is 11.5 Å². The summed E-state index contributed by atoms with van der Waals surface area (Å²) in [4.78, 5) is 4.05. The first-order valence-corrected chi connectivity index (χ1v) is 7.22. The molecule has 3 rings (SSSR count). The molecule has 0 aliphatic carbocycles. The van der Waals surface area contributed by atoms with Crippen LogP contribution >= 0.6 is 12.4 Å². The normalized spacial score (nSPS) is 10.9. The van der Waals surface area contributed by atoms with Crippen LogP contribution in [0.3, 0.4) is 0 Å². The number of azo groups is 2. The van der Waals surface area contributed by atoms with Crippen LogP contribution in [0.1, 0.15) is 0 Å². The molecule has 0 amide bonds. The zero-order valence-corrected chi connectivity index (χ0v) is 14.0. The van der Waals surface area contributed by atoms with Crippen molar-refractivity contribution in [3.63, 3.8) is 0 Å². The van der Waals surface area contributed by atoms with Gasteiger partial charge in [-0.2, -0.15) is 10.2 Å². The summed E-state index contributed by atoms with van der Waals surface area (Å²) in [6.45, 7) is 0. The summed E-state index contributed by atoms with van der Waals surface area (Å²) in [6.07, 6.45) is 0. The molecule has 0 aliphatic rings. The van der Waals surface area contributed by atoms with E-state index in [-0.39, 0.29) is 24.0 Å². The smallest absolute Gasteiger partial charge is 0.153 e. The standard InChI is InChI=1S/C17H15N7.ClH/c18-16-14(23-21-12-7-3-1-4-8-12)11-15(17(19)20-16)24-22-13-9-5-2-6-10-13;/h1-11H,(H4,18,19,20);1H. The van der Waals surface area contributed by atoms with Crippen LogP contribution in [-0.4, -0.2) is 4.98 Å². The quantitative estimate of drug-likeness (QED) is 0.603. The fourth-order valence-electron chi connectivity index (χ4n) is 1.89. The Morgan fingerprint density at radius 1 is 0.600 bits per heavy atom. The van der Waals surface area contributed by atoms with Crippen molar-refractivity contribution in [1.82, 2.24) is 4.98 Å². The van der Waals surface area contributed by atoms with E-state index < -0.39 is 0 Å². The van der Waals surface area contributed by atoms with Gasteiger partial charge in [-0.1, -0.05) is 36.4 Å². The van der Waals surface area contributed by atoms with Crippen molar-refractivity contribution in [2.45, 2.75) is 0 Å². The molecule has 2 aromatic carbocycles. The third-order valence-corrected chi connectivity index (χ3v) is 3.10. The summed E-state index contributed by atoms with van der Waals surface area (Å²) in [6, 6.07) is 20.2. The first-order valence-electron chi connectivity index (χ1n) is 7.22. The van der Waals surface area contributed by atoms with Crippen LogP contribution in [0.5, 0.6) is 0 Å². The molecule has 0 saturated carbocycles. The van der Waals surface area contributed by atoms with E-state index in [9.17, 15) is 0 Å². The van der Waals surface area contributed by atoms with Crippen molar-refractivity contribution in [2.75, 3.05) is 11.5 Å². The molecule has 4 N–H and O–H groups in total. The highest BCUT2D eigenvalue weighted by Gasteiger charge is 2.07. The molecule has 0 bridgehead atoms. The molecule has 0 spiro atoms. The van der Waals surface area contributed by atoms with Gasteiger partial charge in [0.1, 0.15) is 11.4 Å². The van der Waals surface area contributed by atoms with Crippen LogP contribution in [0.4, 0.5) is 34.4 Å². The SMILES string of the molecule is Cl.Nc1nc(N)c(N=Nc2ccccc2)cc1N=Nc1ccccc1. The highest BCUT2D eigenvalue weighted by atomic mass is 35.5. The van der Waals surface area contributed by atoms with Gasteiger partial charge in [0.15, 0.2) is 11.6 Å². The van der Waals surface area contributed by atoms with Gasteiger partial charge in [-0.05, 0) is 24.3 Å². The van der Waals surface area contributed by atoms with Crippen LogP contribution in [0.25, 0.3) is 0 Å². The van der Waals surface area contributed by atoms with E-state index in [4.69, 9.17) is 11.5 Å². The number of rotatable bonds is 4. The minimum Gasteiger partial charge on any atom is -0.382 e. The number of nitrogens with zero attached hydrogens (tertiary/aromatic N) is 5. The maximum atomic E-state index is 5.84. The van der Waals surface area contributed by atoms with Crippen molar-refractivity contribution in [3.8, 4) is 0 Å². The molecule has 1 heterocycles. The molecule has 0 unspecified atom stereocenters. The number of nitrogens with two attached hydrogens (primary N) is 2. The Morgan fingerprint density at radius 2 is 1.00 bits per heavy atom. The predicted octanol–water partition coefficient (Wildman–Crippen LogP) is 5.50. The van der Waals surface area contributed by atoms with Gasteiger partial charge in [-0.3, -0.25) is 0 Å². The maximum Gasteiger partial charge on any atom is 0.153 e. The number of hydrogen-bond donors (Lipinski definition) is 2. The molecule has 0 saturated heterocycles. The Hall–Kier alpha value is -3.32. The molecule has 7 nitrogen and oxygen atoms in total. The molecule has 25 heavy (non-hydrogen) atoms. The first-order chi connectivity index (χ1) is 11.7. The lowest BCUT2D eigenvalue weighted by atomic mass is 10.3. The number of aromatic nitrogens is 1. The molecule has 0 atom stereocenters. The summed E-state index contributed by atoms with van der Waals surface area (Å²) >= 11 is 0. The highest BCUT2D eigenvalue weighted by Crippen LogP contribution is 2.32. The molecule has 3 aromatic rings. The molecular weight excluding hydrogens is 338 g/mol. The fraction of sp³-hybridized carbons (Fsp3) is 0. The summed E-state index contributed by atoms with van der Waals surface area (Å²) in [5, 5.41) is 16.5. The molecule has 0 radical (unpaired) electrons. The predicted molar refractivity (Wildman–Crippen MR) is 102 cm³/mol. The Morgan fingerprint density at radius 3 is 1.40 bits per heavy atom. The zero-order chi connectivity index (χ0) is 16.8. The minimum atomic E-state index is 0. The van der Waals surface area contributed by atoms with Crippen molar-refractivity contribution >= 4 is 46.8 Å². The van der Waals surface area contributed by atoms with Gasteiger partial charge in [0.25, 0.3) is 0 Å². The molecular formula is C17H16ClN7. The van der Waals surface area contributed by atoms with E-state index >= 15 is 0 Å². The van der Waals surface area contributed by atoms with E-state index in [2.05, 4.69) is 25.4 Å². The van der Waals surface area contributed by atoms with Crippen molar-refractivity contribution in [1.29, 1.82) is 0 Å². The van der Waals surface area contributed by atoms with E-state index in [0.29, 0.717) is 22.7 Å². The second-order valence-corrected chi connectivity index (χ2v) is 4.87. The number of hydrogen-bond acceptors (Lipinski definition) is 7. The van der Waals surface area contributed by atoms with Crippen LogP contribution in [0.2, 0.25) is 0 Å². The molecule has 126 valence electrons. The van der Waals surface area contributed by atoms with E-state index in [1.54, 1.807) is 6.07 Å². The number of pyridine rings is 1. The fourth-order valence-corrected chi connectivity index (χ4v) is 1.89. The molecule has 0 fully saturated rings. The summed E-state index contributed by atoms with van der Waals surface area (Å²) in [5.41, 5.74) is 13.9. The van der Waals surface area contributed by atoms with Gasteiger partial charge in [0.2, 0.25) is 0 Å². The van der Waals surface area contributed by atoms with Gasteiger partial charge in [-0.25, -0.2) is 4.98 Å². The summed E-state index contributed by atoms with van der Waals surface area (Å²) in [5.74, 6) is 0.372. The minimum absolute atomic E-state index is 0. The third kappa shape index (κ3) is 4.82. The summed E-state index contributed by atoms with van der Waals surface area (Å²) in [7, 11) is 0. The zero-order valence-electron chi connectivity index (χ0n) is 13.1. The van der Waals surface area contributed by atoms with Crippen LogP contribution in [0.15, 0.2) is 87.2 Å². The third-order valence-electron chi connectivity index (χ3n) is 3.10. The Bertz CT molecular complexity index is 810. The average Bonchev–Trinajstić information content (AvgIpc) is 2.62. The van der Waals surface area contributed by atoms with Crippen LogP contribution in [0, 0.1) is 0 Å². The average molecular weight is 354 g/mol. The Balaban J connectivity index is 0.00000225. The van der Waals surface area contributed by atoms with E-state index in [1.165, 1.54) is 0 Å². The van der Waals surface area contributed by atoms with Gasteiger partial charge < -0.3 is 11.5 Å². The topological polar surface area (TPSA) is 114 Å². The second-order valence-electron chi connectivity index (χ2n) is 4.87. The number of anilines is 2. The lowest BCUT2D eigenvalue weighted by molar-refractivity contribution is 1.17. The maximum absolute atomic E-state index is 5.84. The molecule has 1 aromatic heterocycles. The Kier molecular flexibility index (Phi) is 6.14. The second kappa shape index (κ2) is 8.51. The monoisotopic (exact) mass is 353 g/mol. The summed E-state index contributed by atoms with van der Waals surface area (Å²) < 4.78 is 0. The molecule has 8 heteroatoms. The van der Waals surface area contributed by atoms with Gasteiger partial charge in [0, 0.05) is 6.07 Å². The van der Waals surface area contributed by atoms with Crippen molar-refractivity contribution in [2.24, 2.45) is 20.5 Å². The van der Waals surface area contributed by atoms with Gasteiger partial charge >= 0.3 is 0 Å². The lowest BCUT2D eigenvalue weighted by Gasteiger charge is -2.03. The van der Waals surface area contributed by atoms with Gasteiger partial charge in [0.05, 0.1) is 11.4 Å². The van der Waals surface area contributed by atoms with E-state index in [0.717, 1.165) is 0 Å². The molecule has 0 aliphatic heterocycles. The van der Waals surface area contributed by atoms with Crippen LogP contribution in [-0.2, 0) is 0 Å².